The van der Waals surface area contributed by atoms with Crippen molar-refractivity contribution in [2.24, 2.45) is 0 Å². The summed E-state index contributed by atoms with van der Waals surface area (Å²) in [4.78, 5) is 14.4. The minimum Gasteiger partial charge on any atom is -0.495 e. The Morgan fingerprint density at radius 3 is 2.74 bits per heavy atom. The molecule has 1 aliphatic rings. The molecule has 9 heteroatoms. The molecule has 0 saturated heterocycles. The molecule has 0 saturated carbocycles. The zero-order valence-electron chi connectivity index (χ0n) is 17.0. The third-order valence-electron chi connectivity index (χ3n) is 5.17. The third kappa shape index (κ3) is 4.13. The van der Waals surface area contributed by atoms with Crippen molar-refractivity contribution in [2.45, 2.75) is 24.7 Å². The van der Waals surface area contributed by atoms with Crippen LogP contribution in [0.2, 0.25) is 5.02 Å². The Labute approximate surface area is 185 Å². The Hall–Kier alpha value is -2.97. The molecule has 0 fully saturated rings. The van der Waals surface area contributed by atoms with Crippen molar-refractivity contribution in [3.63, 3.8) is 0 Å². The van der Waals surface area contributed by atoms with Gasteiger partial charge in [-0.15, -0.1) is 0 Å². The summed E-state index contributed by atoms with van der Waals surface area (Å²) in [7, 11) is -2.58. The number of aryl methyl sites for hydroxylation is 2. The van der Waals surface area contributed by atoms with Gasteiger partial charge in [0.15, 0.2) is 5.76 Å². The molecule has 2 aromatic carbocycles. The van der Waals surface area contributed by atoms with Crippen LogP contribution in [-0.4, -0.2) is 28.0 Å². The smallest absolute Gasteiger partial charge is 0.293 e. The predicted octanol–water partition coefficient (Wildman–Crippen LogP) is 4.64. The van der Waals surface area contributed by atoms with Gasteiger partial charge in [-0.1, -0.05) is 17.7 Å². The number of fused-ring (bicyclic) bond motifs is 1. The number of nitrogens with zero attached hydrogens (tertiary/aromatic N) is 1. The van der Waals surface area contributed by atoms with Crippen LogP contribution in [0.5, 0.6) is 5.75 Å². The Balaban J connectivity index is 1.69. The predicted molar refractivity (Wildman–Crippen MR) is 119 cm³/mol. The lowest BCUT2D eigenvalue weighted by Crippen LogP contribution is -2.35. The minimum atomic E-state index is -3.98. The number of hydrogen-bond donors (Lipinski definition) is 1. The summed E-state index contributed by atoms with van der Waals surface area (Å²) < 4.78 is 39.2. The second-order valence-electron chi connectivity index (χ2n) is 7.24. The quantitative estimate of drug-likeness (QED) is 0.599. The molecular formula is C22H21ClN2O5S. The van der Waals surface area contributed by atoms with Crippen LogP contribution in [0, 0.1) is 6.92 Å². The van der Waals surface area contributed by atoms with E-state index in [4.69, 9.17) is 20.8 Å². The summed E-state index contributed by atoms with van der Waals surface area (Å²) >= 11 is 6.15. The molecule has 0 radical (unpaired) electrons. The van der Waals surface area contributed by atoms with Crippen molar-refractivity contribution in [1.29, 1.82) is 0 Å². The number of amides is 1. The topological polar surface area (TPSA) is 88.9 Å². The number of carbonyl (C=O) groups excluding carboxylic acids is 1. The van der Waals surface area contributed by atoms with Crippen LogP contribution in [0.4, 0.5) is 11.4 Å². The number of anilines is 2. The molecule has 0 bridgehead atoms. The average molecular weight is 461 g/mol. The lowest BCUT2D eigenvalue weighted by molar-refractivity contribution is 0.0958. The number of methoxy groups -OCH3 is 1. The number of benzene rings is 2. The maximum absolute atomic E-state index is 13.1. The van der Waals surface area contributed by atoms with Crippen LogP contribution in [0.15, 0.2) is 58.0 Å². The van der Waals surface area contributed by atoms with Crippen LogP contribution < -0.4 is 14.4 Å². The molecule has 1 N–H and O–H groups in total. The van der Waals surface area contributed by atoms with E-state index in [0.717, 1.165) is 18.4 Å². The Kier molecular flexibility index (Phi) is 5.68. The van der Waals surface area contributed by atoms with Gasteiger partial charge < -0.3 is 14.1 Å². The van der Waals surface area contributed by atoms with Crippen LogP contribution in [-0.2, 0) is 16.4 Å². The Morgan fingerprint density at radius 1 is 1.23 bits per heavy atom. The summed E-state index contributed by atoms with van der Waals surface area (Å²) in [6, 6.07) is 11.4. The normalized spacial score (nSPS) is 13.6. The van der Waals surface area contributed by atoms with Crippen LogP contribution in [0.3, 0.4) is 0 Å². The highest BCUT2D eigenvalue weighted by Crippen LogP contribution is 2.34. The molecule has 31 heavy (non-hydrogen) atoms. The number of halogens is 1. The lowest BCUT2D eigenvalue weighted by atomic mass is 10.0. The Morgan fingerprint density at radius 2 is 2.03 bits per heavy atom. The van der Waals surface area contributed by atoms with Crippen molar-refractivity contribution < 1.29 is 22.4 Å². The molecule has 1 aromatic heterocycles. The van der Waals surface area contributed by atoms with Crippen molar-refractivity contribution >= 4 is 38.9 Å². The lowest BCUT2D eigenvalue weighted by Gasteiger charge is -2.29. The van der Waals surface area contributed by atoms with E-state index in [0.29, 0.717) is 28.5 Å². The first-order chi connectivity index (χ1) is 14.8. The first-order valence-corrected chi connectivity index (χ1v) is 11.5. The molecule has 0 aliphatic carbocycles. The second kappa shape index (κ2) is 8.28. The summed E-state index contributed by atoms with van der Waals surface area (Å²) in [5.74, 6) is 0.165. The fourth-order valence-corrected chi connectivity index (χ4v) is 5.05. The van der Waals surface area contributed by atoms with E-state index in [-0.39, 0.29) is 22.3 Å². The van der Waals surface area contributed by atoms with Gasteiger partial charge in [-0.25, -0.2) is 8.42 Å². The van der Waals surface area contributed by atoms with Crippen LogP contribution in [0.25, 0.3) is 0 Å². The Bertz CT molecular complexity index is 1240. The molecule has 1 amide bonds. The van der Waals surface area contributed by atoms with Gasteiger partial charge in [0.05, 0.1) is 19.1 Å². The summed E-state index contributed by atoms with van der Waals surface area (Å²) in [5.41, 5.74) is 2.65. The highest BCUT2D eigenvalue weighted by molar-refractivity contribution is 7.92. The van der Waals surface area contributed by atoms with E-state index in [1.807, 2.05) is 6.07 Å². The number of hydrogen-bond acceptors (Lipinski definition) is 5. The van der Waals surface area contributed by atoms with E-state index in [9.17, 15) is 13.2 Å². The maximum Gasteiger partial charge on any atom is 0.293 e. The number of ether oxygens (including phenoxy) is 1. The van der Waals surface area contributed by atoms with E-state index in [1.54, 1.807) is 42.2 Å². The van der Waals surface area contributed by atoms with E-state index in [1.165, 1.54) is 19.4 Å². The van der Waals surface area contributed by atoms with Gasteiger partial charge in [0, 0.05) is 17.3 Å². The van der Waals surface area contributed by atoms with Gasteiger partial charge >= 0.3 is 0 Å². The monoisotopic (exact) mass is 460 g/mol. The van der Waals surface area contributed by atoms with E-state index < -0.39 is 10.0 Å². The molecule has 0 atom stereocenters. The standard InChI is InChI=1S/C22H21ClN2O5S/c1-14-11-20(29-2)21(13-17(14)23)31(27,28)24-16-8-7-15-5-3-9-25(18(15)12-16)22(26)19-6-4-10-30-19/h4,6-8,10-13,24H,3,5,9H2,1-2H3. The molecule has 0 spiro atoms. The number of carbonyl (C=O) groups is 1. The molecule has 2 heterocycles. The number of sulfonamides is 1. The maximum atomic E-state index is 13.1. The van der Waals surface area contributed by atoms with Crippen LogP contribution in [0.1, 0.15) is 28.1 Å². The second-order valence-corrected chi connectivity index (χ2v) is 9.30. The fourth-order valence-electron chi connectivity index (χ4n) is 3.60. The minimum absolute atomic E-state index is 0.0631. The molecule has 0 unspecified atom stereocenters. The average Bonchev–Trinajstić information content (AvgIpc) is 3.29. The highest BCUT2D eigenvalue weighted by atomic mass is 35.5. The number of nitrogens with one attached hydrogen (secondary N) is 1. The summed E-state index contributed by atoms with van der Waals surface area (Å²) in [6.07, 6.45) is 3.05. The molecule has 162 valence electrons. The van der Waals surface area contributed by atoms with E-state index >= 15 is 0 Å². The summed E-state index contributed by atoms with van der Waals surface area (Å²) in [6.45, 7) is 2.28. The van der Waals surface area contributed by atoms with Crippen molar-refractivity contribution in [3.8, 4) is 5.75 Å². The fraction of sp³-hybridized carbons (Fsp3) is 0.227. The van der Waals surface area contributed by atoms with Gasteiger partial charge in [0.25, 0.3) is 15.9 Å². The first-order valence-electron chi connectivity index (χ1n) is 9.65. The van der Waals surface area contributed by atoms with Crippen molar-refractivity contribution in [3.05, 3.63) is 70.6 Å². The largest absolute Gasteiger partial charge is 0.495 e. The number of rotatable bonds is 5. The van der Waals surface area contributed by atoms with Gasteiger partial charge in [-0.3, -0.25) is 9.52 Å². The highest BCUT2D eigenvalue weighted by Gasteiger charge is 2.27. The zero-order valence-corrected chi connectivity index (χ0v) is 18.6. The van der Waals surface area contributed by atoms with Gasteiger partial charge in [0.2, 0.25) is 0 Å². The molecular weight excluding hydrogens is 440 g/mol. The zero-order chi connectivity index (χ0) is 22.2. The van der Waals surface area contributed by atoms with Crippen molar-refractivity contribution in [1.82, 2.24) is 0 Å². The van der Waals surface area contributed by atoms with Gasteiger partial charge in [0.1, 0.15) is 10.6 Å². The molecule has 7 nitrogen and oxygen atoms in total. The molecule has 3 aromatic rings. The third-order valence-corrected chi connectivity index (χ3v) is 6.98. The number of furan rings is 1. The first kappa shape index (κ1) is 21.3. The summed E-state index contributed by atoms with van der Waals surface area (Å²) in [5, 5.41) is 0.321. The van der Waals surface area contributed by atoms with Crippen molar-refractivity contribution in [2.75, 3.05) is 23.3 Å². The van der Waals surface area contributed by atoms with Gasteiger partial charge in [-0.2, -0.15) is 0 Å². The molecule has 1 aliphatic heterocycles. The van der Waals surface area contributed by atoms with E-state index in [2.05, 4.69) is 4.72 Å². The molecule has 4 rings (SSSR count). The van der Waals surface area contributed by atoms with Crippen LogP contribution >= 0.6 is 11.6 Å². The SMILES string of the molecule is COc1cc(C)c(Cl)cc1S(=O)(=O)Nc1ccc2c(c1)N(C(=O)c1ccco1)CCC2. The van der Waals surface area contributed by atoms with Gasteiger partial charge in [-0.05, 0) is 67.3 Å².